The third-order valence-electron chi connectivity index (χ3n) is 6.23. The van der Waals surface area contributed by atoms with Gasteiger partial charge in [0.25, 0.3) is 0 Å². The summed E-state index contributed by atoms with van der Waals surface area (Å²) in [5.74, 6) is 0. The third kappa shape index (κ3) is 6.09. The van der Waals surface area contributed by atoms with E-state index < -0.39 is 0 Å². The number of hydrogen-bond acceptors (Lipinski definition) is 0. The van der Waals surface area contributed by atoms with Gasteiger partial charge in [-0.25, -0.2) is 0 Å². The second kappa shape index (κ2) is 12.3. The Balaban J connectivity index is 0.00000147. The first kappa shape index (κ1) is 22.9. The Labute approximate surface area is 152 Å². The van der Waals surface area contributed by atoms with Gasteiger partial charge in [-0.3, -0.25) is 0 Å². The van der Waals surface area contributed by atoms with E-state index in [0.717, 1.165) is 0 Å². The van der Waals surface area contributed by atoms with Gasteiger partial charge < -0.3 is 14.9 Å². The monoisotopic (exact) mass is 369 g/mol. The normalized spacial score (nSPS) is 25.0. The molecular formula is C20H40NiP+. The Hall–Kier alpha value is 0.924. The first-order chi connectivity index (χ1) is 9.45. The summed E-state index contributed by atoms with van der Waals surface area (Å²) in [5.41, 5.74) is 3.68. The van der Waals surface area contributed by atoms with E-state index in [4.69, 9.17) is 0 Å². The maximum Gasteiger partial charge on any atom is 2.00 e. The van der Waals surface area contributed by atoms with E-state index in [0.29, 0.717) is 0 Å². The first-order valence-corrected chi connectivity index (χ1v) is 11.0. The summed E-state index contributed by atoms with van der Waals surface area (Å²) in [4.78, 5) is 0. The van der Waals surface area contributed by atoms with Crippen LogP contribution in [0.25, 0.3) is 0 Å². The Kier molecular flexibility index (Phi) is 12.8. The van der Waals surface area contributed by atoms with E-state index in [1.54, 1.807) is 96.3 Å². The molecule has 0 saturated heterocycles. The van der Waals surface area contributed by atoms with Crippen molar-refractivity contribution in [2.75, 3.05) is 0 Å². The van der Waals surface area contributed by atoms with E-state index >= 15 is 0 Å². The van der Waals surface area contributed by atoms with Crippen LogP contribution < -0.4 is 0 Å². The van der Waals surface area contributed by atoms with Gasteiger partial charge in [-0.1, -0.05) is 19.3 Å². The predicted molar refractivity (Wildman–Crippen MR) is 102 cm³/mol. The van der Waals surface area contributed by atoms with Gasteiger partial charge in [-0.2, -0.15) is 0 Å². The smallest absolute Gasteiger partial charge is 0.358 e. The van der Waals surface area contributed by atoms with Gasteiger partial charge in [-0.05, 0) is 77.0 Å². The molecule has 0 aromatic carbocycles. The van der Waals surface area contributed by atoms with Gasteiger partial charge in [0, 0.05) is 7.92 Å². The molecule has 22 heavy (non-hydrogen) atoms. The molecule has 3 aliphatic carbocycles. The zero-order valence-electron chi connectivity index (χ0n) is 15.2. The van der Waals surface area contributed by atoms with Crippen LogP contribution in [0.5, 0.6) is 0 Å². The molecule has 0 aromatic rings. The van der Waals surface area contributed by atoms with Gasteiger partial charge in [0.1, 0.15) is 0 Å². The summed E-state index contributed by atoms with van der Waals surface area (Å²) in [6.07, 6.45) is 23.8. The van der Waals surface area contributed by atoms with Crippen LogP contribution in [0.3, 0.4) is 0 Å². The van der Waals surface area contributed by atoms with E-state index in [1.807, 2.05) is 0 Å². The maximum atomic E-state index is 1.63. The zero-order valence-corrected chi connectivity index (χ0v) is 17.1. The van der Waals surface area contributed by atoms with Gasteiger partial charge in [-0.15, -0.1) is 0 Å². The van der Waals surface area contributed by atoms with Gasteiger partial charge >= 0.3 is 16.5 Å². The van der Waals surface area contributed by atoms with Crippen LogP contribution in [0.1, 0.15) is 96.3 Å². The van der Waals surface area contributed by atoms with Gasteiger partial charge in [0.2, 0.25) is 0 Å². The quantitative estimate of drug-likeness (QED) is 0.282. The minimum absolute atomic E-state index is 0. The Morgan fingerprint density at radius 3 is 0.864 bits per heavy atom. The largest absolute Gasteiger partial charge is 2.00 e. The maximum absolute atomic E-state index is 1.63. The van der Waals surface area contributed by atoms with E-state index in [1.165, 1.54) is 17.0 Å². The fourth-order valence-electron chi connectivity index (χ4n) is 5.31. The molecule has 0 bridgehead atoms. The molecule has 3 saturated carbocycles. The van der Waals surface area contributed by atoms with Crippen molar-refractivity contribution in [1.82, 2.24) is 0 Å². The summed E-state index contributed by atoms with van der Waals surface area (Å²) in [5, 5.41) is 0. The van der Waals surface area contributed by atoms with E-state index in [2.05, 4.69) is 0 Å². The van der Waals surface area contributed by atoms with Crippen LogP contribution in [0.15, 0.2) is 0 Å². The molecule has 0 N–H and O–H groups in total. The molecule has 0 amide bonds. The molecule has 0 spiro atoms. The van der Waals surface area contributed by atoms with Crippen LogP contribution in [0.4, 0.5) is 0 Å². The zero-order chi connectivity index (χ0) is 12.9. The molecule has 0 unspecified atom stereocenters. The van der Waals surface area contributed by atoms with E-state index in [-0.39, 0.29) is 39.3 Å². The molecule has 0 aliphatic heterocycles. The second-order valence-corrected chi connectivity index (χ2v) is 11.0. The summed E-state index contributed by atoms with van der Waals surface area (Å²) in [6.45, 7) is 0. The van der Waals surface area contributed by atoms with Crippen molar-refractivity contribution in [2.45, 2.75) is 113 Å². The summed E-state index contributed by atoms with van der Waals surface area (Å²) in [6, 6.07) is 0. The van der Waals surface area contributed by atoms with Crippen molar-refractivity contribution >= 4 is 7.92 Å². The van der Waals surface area contributed by atoms with Crippen molar-refractivity contribution < 1.29 is 16.5 Å². The molecule has 3 aliphatic rings. The van der Waals surface area contributed by atoms with E-state index in [9.17, 15) is 0 Å². The van der Waals surface area contributed by atoms with Crippen LogP contribution in [-0.2, 0) is 16.5 Å². The van der Waals surface area contributed by atoms with Crippen LogP contribution >= 0.6 is 7.92 Å². The van der Waals surface area contributed by atoms with Gasteiger partial charge in [0.15, 0.2) is 0 Å². The first-order valence-electron chi connectivity index (χ1n) is 9.32. The average Bonchev–Trinajstić information content (AvgIpc) is 2.51. The molecule has 3 fully saturated rings. The van der Waals surface area contributed by atoms with Crippen molar-refractivity contribution in [3.63, 3.8) is 0 Å². The Morgan fingerprint density at radius 2 is 0.636 bits per heavy atom. The number of hydrogen-bond donors (Lipinski definition) is 0. The summed E-state index contributed by atoms with van der Waals surface area (Å²) in [7, 11) is -0.0465. The fourth-order valence-corrected chi connectivity index (χ4v) is 10.5. The van der Waals surface area contributed by atoms with Crippen LogP contribution in [-0.4, -0.2) is 17.0 Å². The van der Waals surface area contributed by atoms with Crippen molar-refractivity contribution in [3.05, 3.63) is 14.9 Å². The molecule has 134 valence electrons. The molecule has 0 heterocycles. The SMILES string of the molecule is C1CCC([PH+](C2CCCCC2)C2CCCCC2)CC1.[CH3-].[CH3-].[Ni+2]. The topological polar surface area (TPSA) is 0 Å². The van der Waals surface area contributed by atoms with Crippen LogP contribution in [0, 0.1) is 14.9 Å². The fraction of sp³-hybridized carbons (Fsp3) is 0.900. The summed E-state index contributed by atoms with van der Waals surface area (Å²) >= 11 is 0. The summed E-state index contributed by atoms with van der Waals surface area (Å²) < 4.78 is 0. The molecular weight excluding hydrogens is 330 g/mol. The third-order valence-corrected chi connectivity index (χ3v) is 10.8. The molecule has 2 heteroatoms. The standard InChI is InChI=1S/C18H33P.2CH3.Ni/c1-4-10-16(11-5-1)19(17-12-6-2-7-13-17)18-14-8-3-9-15-18;;;/h16-18H,1-15H2;2*1H3;/q;2*-1;+2/p+1. The minimum atomic E-state index is -0.0465. The molecule has 0 nitrogen and oxygen atoms in total. The van der Waals surface area contributed by atoms with Crippen LogP contribution in [0.2, 0.25) is 0 Å². The molecule has 3 rings (SSSR count). The second-order valence-electron chi connectivity index (χ2n) is 7.50. The predicted octanol–water partition coefficient (Wildman–Crippen LogP) is 7.10. The van der Waals surface area contributed by atoms with Gasteiger partial charge in [0.05, 0.1) is 17.0 Å². The van der Waals surface area contributed by atoms with Crippen molar-refractivity contribution in [3.8, 4) is 0 Å². The Morgan fingerprint density at radius 1 is 0.409 bits per heavy atom. The molecule has 0 radical (unpaired) electrons. The van der Waals surface area contributed by atoms with Crippen molar-refractivity contribution in [2.24, 2.45) is 0 Å². The number of rotatable bonds is 3. The molecule has 0 atom stereocenters. The van der Waals surface area contributed by atoms with Crippen molar-refractivity contribution in [1.29, 1.82) is 0 Å². The molecule has 0 aromatic heterocycles. The minimum Gasteiger partial charge on any atom is -0.358 e. The average molecular weight is 370 g/mol. The Bertz CT molecular complexity index is 208.